The van der Waals surface area contributed by atoms with E-state index in [4.69, 9.17) is 0 Å². The predicted octanol–water partition coefficient (Wildman–Crippen LogP) is 2.30. The molecular formula is C13H21BrN2OS. The Kier molecular flexibility index (Phi) is 6.11. The van der Waals surface area contributed by atoms with Gasteiger partial charge in [0.25, 0.3) is 0 Å². The van der Waals surface area contributed by atoms with Gasteiger partial charge in [0.15, 0.2) is 0 Å². The highest BCUT2D eigenvalue weighted by Crippen LogP contribution is 2.22. The number of hydrogen-bond acceptors (Lipinski definition) is 4. The molecule has 0 radical (unpaired) electrons. The van der Waals surface area contributed by atoms with Crippen molar-refractivity contribution < 1.29 is 5.11 Å². The van der Waals surface area contributed by atoms with Crippen LogP contribution < -0.4 is 5.32 Å². The van der Waals surface area contributed by atoms with Crippen LogP contribution in [0.25, 0.3) is 0 Å². The summed E-state index contributed by atoms with van der Waals surface area (Å²) in [5, 5.41) is 14.8. The lowest BCUT2D eigenvalue weighted by atomic mass is 9.99. The summed E-state index contributed by atoms with van der Waals surface area (Å²) in [6.45, 7) is 5.33. The molecule has 2 heterocycles. The third-order valence-electron chi connectivity index (χ3n) is 3.33. The Morgan fingerprint density at radius 2 is 2.44 bits per heavy atom. The van der Waals surface area contributed by atoms with E-state index in [-0.39, 0.29) is 6.61 Å². The van der Waals surface area contributed by atoms with E-state index in [1.807, 2.05) is 0 Å². The van der Waals surface area contributed by atoms with Crippen molar-refractivity contribution in [1.82, 2.24) is 10.2 Å². The Hall–Kier alpha value is 0.0600. The summed E-state index contributed by atoms with van der Waals surface area (Å²) in [7, 11) is 0. The second-order valence-electron chi connectivity index (χ2n) is 4.90. The number of nitrogens with zero attached hydrogens (tertiary/aromatic N) is 1. The van der Waals surface area contributed by atoms with Crippen LogP contribution in [0.4, 0.5) is 0 Å². The third kappa shape index (κ3) is 4.63. The Labute approximate surface area is 121 Å². The number of hydrogen-bond donors (Lipinski definition) is 2. The van der Waals surface area contributed by atoms with Crippen molar-refractivity contribution in [2.24, 2.45) is 5.92 Å². The minimum absolute atomic E-state index is 0.243. The van der Waals surface area contributed by atoms with Crippen LogP contribution in [0, 0.1) is 5.92 Å². The van der Waals surface area contributed by atoms with Gasteiger partial charge in [-0.15, -0.1) is 11.3 Å². The highest BCUT2D eigenvalue weighted by atomic mass is 79.9. The zero-order chi connectivity index (χ0) is 12.8. The smallest absolute Gasteiger partial charge is 0.0558 e. The molecular weight excluding hydrogens is 312 g/mol. The molecule has 2 N–H and O–H groups in total. The Balaban J connectivity index is 1.86. The highest BCUT2D eigenvalue weighted by molar-refractivity contribution is 9.10. The number of nitrogens with one attached hydrogen (secondary N) is 1. The van der Waals surface area contributed by atoms with Gasteiger partial charge in [-0.05, 0) is 53.8 Å². The first-order valence-electron chi connectivity index (χ1n) is 6.55. The van der Waals surface area contributed by atoms with E-state index in [1.165, 1.54) is 17.7 Å². The molecule has 1 aromatic rings. The molecule has 0 amide bonds. The summed E-state index contributed by atoms with van der Waals surface area (Å²) in [5.74, 6) is 0.730. The van der Waals surface area contributed by atoms with E-state index >= 15 is 0 Å². The van der Waals surface area contributed by atoms with Crippen LogP contribution in [-0.2, 0) is 6.54 Å². The van der Waals surface area contributed by atoms with Crippen molar-refractivity contribution in [2.45, 2.75) is 19.4 Å². The fourth-order valence-electron chi connectivity index (χ4n) is 2.48. The van der Waals surface area contributed by atoms with Crippen LogP contribution in [0.2, 0.25) is 0 Å². The average Bonchev–Trinajstić information content (AvgIpc) is 2.76. The van der Waals surface area contributed by atoms with Crippen LogP contribution in [0.1, 0.15) is 17.7 Å². The zero-order valence-corrected chi connectivity index (χ0v) is 13.0. The molecule has 18 heavy (non-hydrogen) atoms. The second-order valence-corrected chi connectivity index (χ2v) is 6.81. The molecule has 0 aliphatic carbocycles. The van der Waals surface area contributed by atoms with Crippen LogP contribution in [0.3, 0.4) is 0 Å². The van der Waals surface area contributed by atoms with E-state index in [2.05, 4.69) is 37.6 Å². The minimum Gasteiger partial charge on any atom is -0.395 e. The van der Waals surface area contributed by atoms with Gasteiger partial charge < -0.3 is 10.4 Å². The molecule has 0 saturated carbocycles. The van der Waals surface area contributed by atoms with Crippen molar-refractivity contribution in [3.8, 4) is 0 Å². The first-order valence-corrected chi connectivity index (χ1v) is 8.22. The van der Waals surface area contributed by atoms with Crippen molar-refractivity contribution in [3.05, 3.63) is 20.8 Å². The molecule has 1 aromatic heterocycles. The lowest BCUT2D eigenvalue weighted by molar-refractivity contribution is 0.160. The molecule has 2 rings (SSSR count). The summed E-state index contributed by atoms with van der Waals surface area (Å²) in [5.41, 5.74) is 0. The van der Waals surface area contributed by atoms with Gasteiger partial charge in [0.2, 0.25) is 0 Å². The molecule has 0 spiro atoms. The van der Waals surface area contributed by atoms with Gasteiger partial charge in [0, 0.05) is 34.4 Å². The number of thiophene rings is 1. The average molecular weight is 333 g/mol. The van der Waals surface area contributed by atoms with Crippen LogP contribution in [-0.4, -0.2) is 42.8 Å². The number of aliphatic hydroxyl groups is 1. The molecule has 3 nitrogen and oxygen atoms in total. The Bertz CT molecular complexity index is 353. The van der Waals surface area contributed by atoms with E-state index in [9.17, 15) is 5.11 Å². The minimum atomic E-state index is 0.243. The number of halogens is 1. The molecule has 0 aromatic carbocycles. The molecule has 1 fully saturated rings. The molecule has 1 saturated heterocycles. The van der Waals surface area contributed by atoms with Crippen molar-refractivity contribution in [1.29, 1.82) is 0 Å². The number of piperidine rings is 1. The van der Waals surface area contributed by atoms with Crippen molar-refractivity contribution in [3.63, 3.8) is 0 Å². The van der Waals surface area contributed by atoms with E-state index < -0.39 is 0 Å². The predicted molar refractivity (Wildman–Crippen MR) is 80.0 cm³/mol. The second kappa shape index (κ2) is 7.60. The zero-order valence-electron chi connectivity index (χ0n) is 10.6. The van der Waals surface area contributed by atoms with Gasteiger partial charge in [-0.3, -0.25) is 4.90 Å². The monoisotopic (exact) mass is 332 g/mol. The molecule has 102 valence electrons. The SMILES string of the molecule is OCCN(Cc1cc(Br)cs1)CC1CCCNC1. The maximum absolute atomic E-state index is 9.19. The highest BCUT2D eigenvalue weighted by Gasteiger charge is 2.17. The fraction of sp³-hybridized carbons (Fsp3) is 0.692. The number of rotatable bonds is 6. The van der Waals surface area contributed by atoms with Gasteiger partial charge >= 0.3 is 0 Å². The summed E-state index contributed by atoms with van der Waals surface area (Å²) >= 11 is 5.27. The topological polar surface area (TPSA) is 35.5 Å². The van der Waals surface area contributed by atoms with E-state index in [0.29, 0.717) is 0 Å². The van der Waals surface area contributed by atoms with Crippen molar-refractivity contribution in [2.75, 3.05) is 32.8 Å². The lowest BCUT2D eigenvalue weighted by Crippen LogP contribution is -2.39. The van der Waals surface area contributed by atoms with E-state index in [1.54, 1.807) is 11.3 Å². The molecule has 1 unspecified atom stereocenters. The Morgan fingerprint density at radius 1 is 1.56 bits per heavy atom. The van der Waals surface area contributed by atoms with Crippen LogP contribution in [0.5, 0.6) is 0 Å². The van der Waals surface area contributed by atoms with Crippen LogP contribution in [0.15, 0.2) is 15.9 Å². The Morgan fingerprint density at radius 3 is 3.06 bits per heavy atom. The van der Waals surface area contributed by atoms with E-state index in [0.717, 1.165) is 43.1 Å². The maximum atomic E-state index is 9.19. The first kappa shape index (κ1) is 14.5. The van der Waals surface area contributed by atoms with Gasteiger partial charge in [-0.25, -0.2) is 0 Å². The fourth-order valence-corrected chi connectivity index (χ4v) is 3.97. The largest absolute Gasteiger partial charge is 0.395 e. The van der Waals surface area contributed by atoms with Gasteiger partial charge in [-0.2, -0.15) is 0 Å². The van der Waals surface area contributed by atoms with Crippen LogP contribution >= 0.6 is 27.3 Å². The summed E-state index contributed by atoms with van der Waals surface area (Å²) in [6, 6.07) is 2.17. The van der Waals surface area contributed by atoms with Gasteiger partial charge in [0.05, 0.1) is 6.61 Å². The molecule has 1 aliphatic heterocycles. The molecule has 1 aliphatic rings. The van der Waals surface area contributed by atoms with Crippen molar-refractivity contribution >= 4 is 27.3 Å². The summed E-state index contributed by atoms with van der Waals surface area (Å²) in [6.07, 6.45) is 2.59. The molecule has 1 atom stereocenters. The maximum Gasteiger partial charge on any atom is 0.0558 e. The normalized spacial score (nSPS) is 20.5. The quantitative estimate of drug-likeness (QED) is 0.839. The molecule has 5 heteroatoms. The molecule has 0 bridgehead atoms. The third-order valence-corrected chi connectivity index (χ3v) is 5.02. The van der Waals surface area contributed by atoms with Gasteiger partial charge in [-0.1, -0.05) is 0 Å². The standard InChI is InChI=1S/C13H21BrN2OS/c14-12-6-13(18-10-12)9-16(4-5-17)8-11-2-1-3-15-7-11/h6,10-11,15,17H,1-5,7-9H2. The summed E-state index contributed by atoms with van der Waals surface area (Å²) in [4.78, 5) is 3.73. The first-order chi connectivity index (χ1) is 8.78. The van der Waals surface area contributed by atoms with Gasteiger partial charge in [0.1, 0.15) is 0 Å². The number of aliphatic hydroxyl groups excluding tert-OH is 1. The lowest BCUT2D eigenvalue weighted by Gasteiger charge is -2.29. The summed E-state index contributed by atoms with van der Waals surface area (Å²) < 4.78 is 1.16.